The van der Waals surface area contributed by atoms with Crippen molar-refractivity contribution in [2.24, 2.45) is 5.92 Å². The Morgan fingerprint density at radius 2 is 1.36 bits per heavy atom. The summed E-state index contributed by atoms with van der Waals surface area (Å²) in [5.74, 6) is 2.66. The summed E-state index contributed by atoms with van der Waals surface area (Å²) in [6.45, 7) is 5.96. The minimum atomic E-state index is 0.206. The molecule has 4 heterocycles. The highest BCUT2D eigenvalue weighted by Gasteiger charge is 2.30. The van der Waals surface area contributed by atoms with E-state index >= 15 is 0 Å². The fourth-order valence-electron chi connectivity index (χ4n) is 4.36. The van der Waals surface area contributed by atoms with Crippen LogP contribution in [-0.2, 0) is 4.79 Å². The minimum Gasteiger partial charge on any atom is -0.356 e. The first kappa shape index (κ1) is 16.6. The van der Waals surface area contributed by atoms with Crippen LogP contribution in [0.5, 0.6) is 0 Å². The maximum absolute atomic E-state index is 12.6. The van der Waals surface area contributed by atoms with Crippen molar-refractivity contribution in [1.82, 2.24) is 14.9 Å². The Morgan fingerprint density at radius 3 is 2.00 bits per heavy atom. The molecule has 0 bridgehead atoms. The van der Waals surface area contributed by atoms with E-state index in [1.807, 2.05) is 0 Å². The second kappa shape index (κ2) is 7.58. The highest BCUT2D eigenvalue weighted by molar-refractivity contribution is 5.79. The van der Waals surface area contributed by atoms with Gasteiger partial charge in [-0.05, 0) is 44.9 Å². The van der Waals surface area contributed by atoms with Gasteiger partial charge in [0, 0.05) is 51.3 Å². The molecule has 0 aliphatic carbocycles. The monoisotopic (exact) mass is 343 g/mol. The third kappa shape index (κ3) is 3.72. The summed E-state index contributed by atoms with van der Waals surface area (Å²) in [6, 6.07) is 2.13. The number of likely N-dealkylation sites (tertiary alicyclic amines) is 1. The molecule has 25 heavy (non-hydrogen) atoms. The first-order valence-corrected chi connectivity index (χ1v) is 9.92. The van der Waals surface area contributed by atoms with E-state index in [0.717, 1.165) is 63.7 Å². The van der Waals surface area contributed by atoms with Crippen molar-refractivity contribution >= 4 is 17.5 Å². The van der Waals surface area contributed by atoms with Crippen molar-refractivity contribution in [3.8, 4) is 0 Å². The number of carbonyl (C=O) groups is 1. The second-order valence-electron chi connectivity index (χ2n) is 7.58. The van der Waals surface area contributed by atoms with E-state index in [4.69, 9.17) is 0 Å². The fourth-order valence-corrected chi connectivity index (χ4v) is 4.36. The summed E-state index contributed by atoms with van der Waals surface area (Å²) in [5, 5.41) is 0. The molecule has 1 aromatic heterocycles. The van der Waals surface area contributed by atoms with Gasteiger partial charge in [-0.2, -0.15) is 0 Å². The van der Waals surface area contributed by atoms with E-state index in [-0.39, 0.29) is 5.92 Å². The van der Waals surface area contributed by atoms with Crippen LogP contribution >= 0.6 is 0 Å². The number of rotatable bonds is 3. The van der Waals surface area contributed by atoms with E-state index in [9.17, 15) is 4.79 Å². The molecule has 6 nitrogen and oxygen atoms in total. The molecule has 4 rings (SSSR count). The molecule has 3 saturated heterocycles. The number of piperidine rings is 2. The molecular formula is C19H29N5O. The molecule has 0 atom stereocenters. The minimum absolute atomic E-state index is 0.206. The van der Waals surface area contributed by atoms with Crippen molar-refractivity contribution < 1.29 is 4.79 Å². The number of hydrogen-bond acceptors (Lipinski definition) is 5. The predicted molar refractivity (Wildman–Crippen MR) is 98.8 cm³/mol. The summed E-state index contributed by atoms with van der Waals surface area (Å²) in [6.07, 6.45) is 9.76. The molecule has 0 radical (unpaired) electrons. The van der Waals surface area contributed by atoms with E-state index in [0.29, 0.717) is 5.91 Å². The molecule has 1 aromatic rings. The zero-order chi connectivity index (χ0) is 17.1. The largest absolute Gasteiger partial charge is 0.356 e. The first-order chi connectivity index (χ1) is 12.3. The normalized spacial score (nSPS) is 22.5. The van der Waals surface area contributed by atoms with Crippen LogP contribution in [0, 0.1) is 5.92 Å². The first-order valence-electron chi connectivity index (χ1n) is 9.92. The zero-order valence-electron chi connectivity index (χ0n) is 15.1. The number of aromatic nitrogens is 2. The Balaban J connectivity index is 1.36. The molecule has 0 N–H and O–H groups in total. The molecule has 6 heteroatoms. The predicted octanol–water partition coefficient (Wildman–Crippen LogP) is 2.31. The van der Waals surface area contributed by atoms with Crippen LogP contribution in [0.15, 0.2) is 12.4 Å². The smallest absolute Gasteiger partial charge is 0.225 e. The number of carbonyl (C=O) groups excluding carboxylic acids is 1. The molecule has 0 aromatic carbocycles. The van der Waals surface area contributed by atoms with Crippen LogP contribution in [-0.4, -0.2) is 60.0 Å². The summed E-state index contributed by atoms with van der Waals surface area (Å²) in [4.78, 5) is 28.3. The van der Waals surface area contributed by atoms with Crippen LogP contribution in [0.25, 0.3) is 0 Å². The van der Waals surface area contributed by atoms with Gasteiger partial charge in [-0.3, -0.25) is 4.79 Å². The highest BCUT2D eigenvalue weighted by Crippen LogP contribution is 2.27. The van der Waals surface area contributed by atoms with Crippen LogP contribution in [0.1, 0.15) is 44.9 Å². The molecule has 0 saturated carbocycles. The standard InChI is InChI=1S/C19H29N5O/c25-19(24-10-4-5-11-24)16-6-12-23(13-7-16)18-14-17(20-15-21-18)22-8-2-1-3-9-22/h14-16H,1-13H2. The highest BCUT2D eigenvalue weighted by atomic mass is 16.2. The van der Waals surface area contributed by atoms with Gasteiger partial charge in [-0.15, -0.1) is 0 Å². The molecule has 3 fully saturated rings. The Hall–Kier alpha value is -1.85. The molecule has 136 valence electrons. The van der Waals surface area contributed by atoms with Crippen molar-refractivity contribution in [3.05, 3.63) is 12.4 Å². The van der Waals surface area contributed by atoms with Gasteiger partial charge in [0.2, 0.25) is 5.91 Å². The van der Waals surface area contributed by atoms with Gasteiger partial charge in [-0.25, -0.2) is 9.97 Å². The topological polar surface area (TPSA) is 52.6 Å². The Labute approximate surface area is 150 Å². The third-order valence-corrected chi connectivity index (χ3v) is 5.90. The Morgan fingerprint density at radius 1 is 0.800 bits per heavy atom. The van der Waals surface area contributed by atoms with Crippen molar-refractivity contribution in [2.75, 3.05) is 49.1 Å². The lowest BCUT2D eigenvalue weighted by Crippen LogP contribution is -2.42. The molecule has 1 amide bonds. The van der Waals surface area contributed by atoms with Gasteiger partial charge in [0.15, 0.2) is 0 Å². The summed E-state index contributed by atoms with van der Waals surface area (Å²) < 4.78 is 0. The van der Waals surface area contributed by atoms with Crippen LogP contribution in [0.2, 0.25) is 0 Å². The number of hydrogen-bond donors (Lipinski definition) is 0. The SMILES string of the molecule is O=C(C1CCN(c2cc(N3CCCCC3)ncn2)CC1)N1CCCC1. The van der Waals surface area contributed by atoms with Gasteiger partial charge < -0.3 is 14.7 Å². The molecule has 0 unspecified atom stereocenters. The Kier molecular flexibility index (Phi) is 5.04. The van der Waals surface area contributed by atoms with Gasteiger partial charge in [0.1, 0.15) is 18.0 Å². The quantitative estimate of drug-likeness (QED) is 0.843. The van der Waals surface area contributed by atoms with Gasteiger partial charge in [-0.1, -0.05) is 0 Å². The third-order valence-electron chi connectivity index (χ3n) is 5.90. The van der Waals surface area contributed by atoms with E-state index < -0.39 is 0 Å². The van der Waals surface area contributed by atoms with Gasteiger partial charge >= 0.3 is 0 Å². The number of anilines is 2. The van der Waals surface area contributed by atoms with Gasteiger partial charge in [0.25, 0.3) is 0 Å². The maximum Gasteiger partial charge on any atom is 0.225 e. The average Bonchev–Trinajstić information content (AvgIpc) is 3.23. The zero-order valence-corrected chi connectivity index (χ0v) is 15.1. The molecule has 3 aliphatic heterocycles. The van der Waals surface area contributed by atoms with E-state index in [2.05, 4.69) is 30.7 Å². The summed E-state index contributed by atoms with van der Waals surface area (Å²) in [7, 11) is 0. The number of amides is 1. The lowest BCUT2D eigenvalue weighted by molar-refractivity contribution is -0.135. The Bertz CT molecular complexity index is 587. The van der Waals surface area contributed by atoms with Crippen molar-refractivity contribution in [3.63, 3.8) is 0 Å². The molecular weight excluding hydrogens is 314 g/mol. The van der Waals surface area contributed by atoms with Crippen LogP contribution in [0.4, 0.5) is 11.6 Å². The van der Waals surface area contributed by atoms with Crippen LogP contribution < -0.4 is 9.80 Å². The molecule has 0 spiro atoms. The van der Waals surface area contributed by atoms with Gasteiger partial charge in [0.05, 0.1) is 0 Å². The van der Waals surface area contributed by atoms with Crippen molar-refractivity contribution in [1.29, 1.82) is 0 Å². The van der Waals surface area contributed by atoms with E-state index in [1.54, 1.807) is 6.33 Å². The second-order valence-corrected chi connectivity index (χ2v) is 7.58. The fraction of sp³-hybridized carbons (Fsp3) is 0.737. The van der Waals surface area contributed by atoms with Crippen molar-refractivity contribution in [2.45, 2.75) is 44.9 Å². The average molecular weight is 343 g/mol. The van der Waals surface area contributed by atoms with E-state index in [1.165, 1.54) is 32.1 Å². The molecule has 3 aliphatic rings. The summed E-state index contributed by atoms with van der Waals surface area (Å²) >= 11 is 0. The lowest BCUT2D eigenvalue weighted by atomic mass is 9.95. The maximum atomic E-state index is 12.6. The van der Waals surface area contributed by atoms with Crippen LogP contribution in [0.3, 0.4) is 0 Å². The summed E-state index contributed by atoms with van der Waals surface area (Å²) in [5.41, 5.74) is 0. The number of nitrogens with zero attached hydrogens (tertiary/aromatic N) is 5. The lowest BCUT2D eigenvalue weighted by Gasteiger charge is -2.34.